The molecule has 0 spiro atoms. The van der Waals surface area contributed by atoms with Gasteiger partial charge in [-0.2, -0.15) is 5.53 Å². The minimum atomic E-state index is -0.318. The van der Waals surface area contributed by atoms with Crippen molar-refractivity contribution in [2.45, 2.75) is 52.9 Å². The van der Waals surface area contributed by atoms with Gasteiger partial charge in [-0.25, -0.2) is 0 Å². The van der Waals surface area contributed by atoms with Gasteiger partial charge < -0.3 is 9.64 Å². The summed E-state index contributed by atoms with van der Waals surface area (Å²) in [7, 11) is 0. The molecule has 0 heterocycles. The molecule has 0 atom stereocenters. The van der Waals surface area contributed by atoms with E-state index in [-0.39, 0.29) is 24.8 Å². The zero-order valence-corrected chi connectivity index (χ0v) is 15.6. The highest BCUT2D eigenvalue weighted by Crippen LogP contribution is 2.24. The van der Waals surface area contributed by atoms with Crippen molar-refractivity contribution in [3.63, 3.8) is 0 Å². The Hall–Kier alpha value is -2.24. The predicted molar refractivity (Wildman–Crippen MR) is 97.8 cm³/mol. The summed E-state index contributed by atoms with van der Waals surface area (Å²) in [5.74, 6) is -0.199. The molecular weight excluding hydrogens is 318 g/mol. The number of nitrogens with zero attached hydrogens (tertiary/aromatic N) is 2. The van der Waals surface area contributed by atoms with Gasteiger partial charge in [-0.15, -0.1) is 0 Å². The number of nitrogens with two attached hydrogens (primary N) is 1. The standard InChI is InChI=1S/C19H29N3O3/c1-4-6-8-17(23)13-22(14-19(24)25-11-7-5-2)16-9-10-18(21-20)15(3)12-16/h9-10,12,20H,4-8,11,13-14H2,1-3H3/p+1. The lowest BCUT2D eigenvalue weighted by molar-refractivity contribution is -0.210. The van der Waals surface area contributed by atoms with Gasteiger partial charge in [-0.3, -0.25) is 9.59 Å². The molecule has 0 aliphatic rings. The fraction of sp³-hybridized carbons (Fsp3) is 0.579. The van der Waals surface area contributed by atoms with E-state index in [0.29, 0.717) is 18.7 Å². The van der Waals surface area contributed by atoms with Crippen LogP contribution in [-0.4, -0.2) is 31.4 Å². The molecule has 0 unspecified atom stereocenters. The van der Waals surface area contributed by atoms with E-state index in [0.717, 1.165) is 36.9 Å². The van der Waals surface area contributed by atoms with E-state index in [1.165, 1.54) is 0 Å². The van der Waals surface area contributed by atoms with Crippen LogP contribution in [0.3, 0.4) is 0 Å². The van der Waals surface area contributed by atoms with Crippen molar-refractivity contribution in [1.29, 1.82) is 0 Å². The fourth-order valence-corrected chi connectivity index (χ4v) is 2.42. The van der Waals surface area contributed by atoms with Crippen LogP contribution in [0.15, 0.2) is 23.3 Å². The van der Waals surface area contributed by atoms with Gasteiger partial charge in [0.25, 0.3) is 0 Å². The molecule has 0 fully saturated rings. The van der Waals surface area contributed by atoms with Crippen LogP contribution in [0.2, 0.25) is 0 Å². The van der Waals surface area contributed by atoms with Crippen molar-refractivity contribution in [3.8, 4) is 0 Å². The number of anilines is 1. The SMILES string of the molecule is CCCCOC(=O)CN(CC(=O)CCCC)c1ccc(N=[NH2+])c(C)c1. The highest BCUT2D eigenvalue weighted by Gasteiger charge is 2.17. The molecule has 0 radical (unpaired) electrons. The minimum Gasteiger partial charge on any atom is -0.464 e. The lowest BCUT2D eigenvalue weighted by Crippen LogP contribution is -2.35. The number of Topliss-reactive ketones (excluding diaryl/α,β-unsaturated/α-hetero) is 1. The molecule has 2 N–H and O–H groups in total. The van der Waals surface area contributed by atoms with Crippen LogP contribution < -0.4 is 10.4 Å². The second kappa shape index (κ2) is 11.3. The minimum absolute atomic E-state index is 0.0557. The summed E-state index contributed by atoms with van der Waals surface area (Å²) in [6, 6.07) is 5.50. The van der Waals surface area contributed by atoms with E-state index >= 15 is 0 Å². The molecule has 0 aliphatic heterocycles. The average Bonchev–Trinajstić information content (AvgIpc) is 2.59. The summed E-state index contributed by atoms with van der Waals surface area (Å²) in [5.41, 5.74) is 7.72. The summed E-state index contributed by atoms with van der Waals surface area (Å²) >= 11 is 0. The van der Waals surface area contributed by atoms with Gasteiger partial charge >= 0.3 is 5.97 Å². The third-order valence-electron chi connectivity index (χ3n) is 3.94. The molecule has 1 aromatic rings. The summed E-state index contributed by atoms with van der Waals surface area (Å²) in [6.45, 7) is 6.65. The zero-order valence-electron chi connectivity index (χ0n) is 15.6. The Morgan fingerprint density at radius 1 is 1.16 bits per heavy atom. The van der Waals surface area contributed by atoms with E-state index in [1.807, 2.05) is 26.0 Å². The van der Waals surface area contributed by atoms with Crippen LogP contribution in [0.25, 0.3) is 0 Å². The number of ketones is 1. The number of aryl methyl sites for hydroxylation is 1. The molecule has 0 bridgehead atoms. The predicted octanol–water partition coefficient (Wildman–Crippen LogP) is 2.75. The van der Waals surface area contributed by atoms with Crippen molar-refractivity contribution in [2.24, 2.45) is 5.11 Å². The number of benzene rings is 1. The molecule has 0 amide bonds. The van der Waals surface area contributed by atoms with Crippen LogP contribution in [0.4, 0.5) is 11.4 Å². The normalized spacial score (nSPS) is 10.4. The van der Waals surface area contributed by atoms with Crippen molar-refractivity contribution >= 4 is 23.1 Å². The maximum absolute atomic E-state index is 12.2. The van der Waals surface area contributed by atoms with E-state index in [1.54, 1.807) is 11.0 Å². The first-order chi connectivity index (χ1) is 12.0. The van der Waals surface area contributed by atoms with Gasteiger partial charge in [-0.1, -0.05) is 26.7 Å². The molecule has 1 rings (SSSR count). The first kappa shape index (κ1) is 20.8. The molecule has 6 heteroatoms. The summed E-state index contributed by atoms with van der Waals surface area (Å²) in [4.78, 5) is 26.1. The molecule has 25 heavy (non-hydrogen) atoms. The van der Waals surface area contributed by atoms with E-state index < -0.39 is 0 Å². The van der Waals surface area contributed by atoms with Gasteiger partial charge in [-0.05, 0) is 48.6 Å². The van der Waals surface area contributed by atoms with Crippen LogP contribution >= 0.6 is 0 Å². The Labute approximate surface area is 150 Å². The van der Waals surface area contributed by atoms with Crippen molar-refractivity contribution in [2.75, 3.05) is 24.6 Å². The smallest absolute Gasteiger partial charge is 0.325 e. The molecule has 138 valence electrons. The average molecular weight is 348 g/mol. The number of hydrogen-bond acceptors (Lipinski definition) is 5. The lowest BCUT2D eigenvalue weighted by atomic mass is 10.1. The fourth-order valence-electron chi connectivity index (χ4n) is 2.42. The van der Waals surface area contributed by atoms with E-state index in [9.17, 15) is 9.59 Å². The lowest BCUT2D eigenvalue weighted by Gasteiger charge is -2.23. The van der Waals surface area contributed by atoms with Crippen molar-refractivity contribution < 1.29 is 19.9 Å². The van der Waals surface area contributed by atoms with E-state index in [2.05, 4.69) is 12.0 Å². The van der Waals surface area contributed by atoms with Crippen LogP contribution in [-0.2, 0) is 14.3 Å². The van der Waals surface area contributed by atoms with Crippen LogP contribution in [0.5, 0.6) is 0 Å². The monoisotopic (exact) mass is 348 g/mol. The Balaban J connectivity index is 2.86. The van der Waals surface area contributed by atoms with Gasteiger partial charge in [0.1, 0.15) is 12.2 Å². The van der Waals surface area contributed by atoms with Crippen molar-refractivity contribution in [1.82, 2.24) is 0 Å². The maximum atomic E-state index is 12.2. The first-order valence-electron chi connectivity index (χ1n) is 8.95. The summed E-state index contributed by atoms with van der Waals surface area (Å²) < 4.78 is 5.24. The second-order valence-electron chi connectivity index (χ2n) is 6.17. The number of esters is 1. The molecule has 0 saturated heterocycles. The van der Waals surface area contributed by atoms with Gasteiger partial charge in [0.2, 0.25) is 0 Å². The third kappa shape index (κ3) is 7.45. The Morgan fingerprint density at radius 3 is 2.48 bits per heavy atom. The van der Waals surface area contributed by atoms with Gasteiger partial charge in [0.15, 0.2) is 5.78 Å². The number of carbonyl (C=O) groups is 2. The molecular formula is C19H30N3O3+. The highest BCUT2D eigenvalue weighted by molar-refractivity contribution is 5.86. The number of hydrogen-bond donors (Lipinski definition) is 1. The topological polar surface area (TPSA) is 84.6 Å². The first-order valence-corrected chi connectivity index (χ1v) is 8.95. The third-order valence-corrected chi connectivity index (χ3v) is 3.94. The quantitative estimate of drug-likeness (QED) is 0.357. The molecule has 0 aromatic heterocycles. The summed E-state index contributed by atoms with van der Waals surface area (Å²) in [5, 5.41) is 3.71. The highest BCUT2D eigenvalue weighted by atomic mass is 16.5. The van der Waals surface area contributed by atoms with Gasteiger partial charge in [0, 0.05) is 12.1 Å². The maximum Gasteiger partial charge on any atom is 0.325 e. The number of carbonyl (C=O) groups excluding carboxylic acids is 2. The Kier molecular flexibility index (Phi) is 9.43. The second-order valence-corrected chi connectivity index (χ2v) is 6.17. The number of unbranched alkanes of at least 4 members (excludes halogenated alkanes) is 2. The molecule has 0 saturated carbocycles. The zero-order chi connectivity index (χ0) is 18.7. The molecule has 6 nitrogen and oxygen atoms in total. The Bertz CT molecular complexity index is 587. The summed E-state index contributed by atoms with van der Waals surface area (Å²) in [6.07, 6.45) is 4.16. The van der Waals surface area contributed by atoms with Crippen LogP contribution in [0, 0.1) is 6.92 Å². The Morgan fingerprint density at radius 2 is 1.88 bits per heavy atom. The van der Waals surface area contributed by atoms with E-state index in [4.69, 9.17) is 10.3 Å². The largest absolute Gasteiger partial charge is 0.464 e. The number of ether oxygens (including phenoxy) is 1. The number of rotatable bonds is 12. The molecule has 0 aliphatic carbocycles. The van der Waals surface area contributed by atoms with Crippen LogP contribution in [0.1, 0.15) is 51.5 Å². The van der Waals surface area contributed by atoms with Crippen molar-refractivity contribution in [3.05, 3.63) is 23.8 Å². The molecule has 1 aromatic carbocycles. The van der Waals surface area contributed by atoms with Gasteiger partial charge in [0.05, 0.1) is 13.2 Å².